The van der Waals surface area contributed by atoms with Crippen LogP contribution in [0.1, 0.15) is 6.42 Å². The molecule has 2 aliphatic heterocycles. The summed E-state index contributed by atoms with van der Waals surface area (Å²) < 4.78 is 0. The summed E-state index contributed by atoms with van der Waals surface area (Å²) in [5.41, 5.74) is 1.08. The van der Waals surface area contributed by atoms with E-state index < -0.39 is 0 Å². The zero-order valence-corrected chi connectivity index (χ0v) is 9.61. The smallest absolute Gasteiger partial charge is 0.234 e. The van der Waals surface area contributed by atoms with Crippen molar-refractivity contribution >= 4 is 17.7 Å². The van der Waals surface area contributed by atoms with Crippen LogP contribution in [0.3, 0.4) is 0 Å². The van der Waals surface area contributed by atoms with Crippen molar-refractivity contribution in [3.63, 3.8) is 0 Å². The van der Waals surface area contributed by atoms with E-state index in [1.54, 1.807) is 11.8 Å². The average Bonchev–Trinajstić information content (AvgIpc) is 2.28. The number of hydrogen-bond acceptors (Lipinski definition) is 4. The fraction of sp³-hybridized carbons (Fsp3) is 0.700. The first kappa shape index (κ1) is 11.0. The summed E-state index contributed by atoms with van der Waals surface area (Å²) in [4.78, 5) is 13.6. The summed E-state index contributed by atoms with van der Waals surface area (Å²) in [5.74, 6) is 0.703. The molecule has 5 heteroatoms. The normalized spacial score (nSPS) is 23.5. The van der Waals surface area contributed by atoms with Crippen molar-refractivity contribution in [2.75, 3.05) is 38.5 Å². The Bertz CT molecular complexity index is 261. The number of piperazine rings is 1. The molecule has 2 aliphatic rings. The van der Waals surface area contributed by atoms with Gasteiger partial charge in [0.05, 0.1) is 5.75 Å². The maximum Gasteiger partial charge on any atom is 0.234 e. The molecule has 4 nitrogen and oxygen atoms in total. The van der Waals surface area contributed by atoms with Crippen LogP contribution in [0.2, 0.25) is 0 Å². The highest BCUT2D eigenvalue weighted by atomic mass is 32.2. The van der Waals surface area contributed by atoms with E-state index in [1.807, 2.05) is 0 Å². The SMILES string of the molecule is O=C1CSC=C(CCN2CCNCC2)N1. The number of nitrogens with zero attached hydrogens (tertiary/aromatic N) is 1. The third-order valence-electron chi connectivity index (χ3n) is 2.65. The van der Waals surface area contributed by atoms with Crippen molar-refractivity contribution in [3.8, 4) is 0 Å². The third kappa shape index (κ3) is 3.52. The lowest BCUT2D eigenvalue weighted by atomic mass is 10.2. The van der Waals surface area contributed by atoms with Crippen molar-refractivity contribution in [1.82, 2.24) is 15.5 Å². The molecule has 1 amide bonds. The Morgan fingerprint density at radius 3 is 2.93 bits per heavy atom. The van der Waals surface area contributed by atoms with Crippen molar-refractivity contribution in [2.24, 2.45) is 0 Å². The van der Waals surface area contributed by atoms with E-state index in [-0.39, 0.29) is 5.91 Å². The molecule has 2 rings (SSSR count). The highest BCUT2D eigenvalue weighted by Crippen LogP contribution is 2.13. The van der Waals surface area contributed by atoms with Crippen molar-refractivity contribution < 1.29 is 4.79 Å². The van der Waals surface area contributed by atoms with Crippen LogP contribution < -0.4 is 10.6 Å². The van der Waals surface area contributed by atoms with Gasteiger partial charge in [-0.3, -0.25) is 4.79 Å². The number of hydrogen-bond donors (Lipinski definition) is 2. The molecule has 0 bridgehead atoms. The first-order chi connectivity index (χ1) is 7.34. The Morgan fingerprint density at radius 1 is 1.40 bits per heavy atom. The van der Waals surface area contributed by atoms with Gasteiger partial charge in [0, 0.05) is 44.8 Å². The van der Waals surface area contributed by atoms with E-state index in [2.05, 4.69) is 20.9 Å². The van der Waals surface area contributed by atoms with Gasteiger partial charge in [0.15, 0.2) is 0 Å². The van der Waals surface area contributed by atoms with E-state index in [1.165, 1.54) is 0 Å². The number of carbonyl (C=O) groups is 1. The standard InChI is InChI=1S/C10H17N3OS/c14-10-8-15-7-9(12-10)1-4-13-5-2-11-3-6-13/h7,11H,1-6,8H2,(H,12,14). The van der Waals surface area contributed by atoms with Gasteiger partial charge in [0.25, 0.3) is 0 Å². The zero-order chi connectivity index (χ0) is 10.5. The summed E-state index contributed by atoms with van der Waals surface area (Å²) in [7, 11) is 0. The van der Waals surface area contributed by atoms with E-state index in [9.17, 15) is 4.79 Å². The highest BCUT2D eigenvalue weighted by molar-refractivity contribution is 8.02. The number of amides is 1. The molecule has 0 saturated carbocycles. The molecule has 1 saturated heterocycles. The van der Waals surface area contributed by atoms with Gasteiger partial charge in [-0.1, -0.05) is 0 Å². The summed E-state index contributed by atoms with van der Waals surface area (Å²) >= 11 is 1.59. The van der Waals surface area contributed by atoms with Crippen LogP contribution in [0, 0.1) is 0 Å². The Hall–Kier alpha value is -0.520. The van der Waals surface area contributed by atoms with Gasteiger partial charge < -0.3 is 15.5 Å². The molecule has 0 aromatic carbocycles. The van der Waals surface area contributed by atoms with Gasteiger partial charge in [-0.15, -0.1) is 11.8 Å². The average molecular weight is 227 g/mol. The van der Waals surface area contributed by atoms with Gasteiger partial charge in [0.1, 0.15) is 0 Å². The van der Waals surface area contributed by atoms with Crippen LogP contribution in [0.5, 0.6) is 0 Å². The number of carbonyl (C=O) groups excluding carboxylic acids is 1. The van der Waals surface area contributed by atoms with E-state index in [0.717, 1.165) is 44.8 Å². The molecule has 0 spiro atoms. The molecule has 1 fully saturated rings. The van der Waals surface area contributed by atoms with Crippen molar-refractivity contribution in [2.45, 2.75) is 6.42 Å². The maximum atomic E-state index is 11.1. The fourth-order valence-electron chi connectivity index (χ4n) is 1.80. The molecule has 84 valence electrons. The second-order valence-corrected chi connectivity index (χ2v) is 4.70. The van der Waals surface area contributed by atoms with Gasteiger partial charge in [-0.25, -0.2) is 0 Å². The quantitative estimate of drug-likeness (QED) is 0.711. The predicted octanol–water partition coefficient (Wildman–Crippen LogP) is -0.0139. The zero-order valence-electron chi connectivity index (χ0n) is 8.79. The Balaban J connectivity index is 1.72. The molecule has 0 atom stereocenters. The number of rotatable bonds is 3. The van der Waals surface area contributed by atoms with Crippen molar-refractivity contribution in [1.29, 1.82) is 0 Å². The highest BCUT2D eigenvalue weighted by Gasteiger charge is 2.13. The topological polar surface area (TPSA) is 44.4 Å². The van der Waals surface area contributed by atoms with E-state index in [4.69, 9.17) is 0 Å². The van der Waals surface area contributed by atoms with Gasteiger partial charge in [-0.05, 0) is 5.41 Å². The van der Waals surface area contributed by atoms with Gasteiger partial charge in [0.2, 0.25) is 5.91 Å². The van der Waals surface area contributed by atoms with Crippen LogP contribution in [0.15, 0.2) is 11.1 Å². The molecule has 0 aromatic heterocycles. The summed E-state index contributed by atoms with van der Waals surface area (Å²) in [6.07, 6.45) is 0.957. The molecule has 2 heterocycles. The fourth-order valence-corrected chi connectivity index (χ4v) is 2.48. The molecule has 15 heavy (non-hydrogen) atoms. The second-order valence-electron chi connectivity index (χ2n) is 3.84. The lowest BCUT2D eigenvalue weighted by molar-refractivity contribution is -0.118. The number of nitrogens with one attached hydrogen (secondary N) is 2. The van der Waals surface area contributed by atoms with Crippen LogP contribution in [0.4, 0.5) is 0 Å². The summed E-state index contributed by atoms with van der Waals surface area (Å²) in [6.45, 7) is 5.46. The van der Waals surface area contributed by atoms with Crippen molar-refractivity contribution in [3.05, 3.63) is 11.1 Å². The Labute approximate surface area is 94.5 Å². The predicted molar refractivity (Wildman–Crippen MR) is 62.6 cm³/mol. The Morgan fingerprint density at radius 2 is 2.20 bits per heavy atom. The lowest BCUT2D eigenvalue weighted by Crippen LogP contribution is -2.44. The maximum absolute atomic E-state index is 11.1. The van der Waals surface area contributed by atoms with E-state index in [0.29, 0.717) is 5.75 Å². The van der Waals surface area contributed by atoms with Crippen LogP contribution >= 0.6 is 11.8 Å². The van der Waals surface area contributed by atoms with Crippen LogP contribution in [0.25, 0.3) is 0 Å². The minimum atomic E-state index is 0.137. The molecule has 0 unspecified atom stereocenters. The third-order valence-corrected chi connectivity index (χ3v) is 3.53. The summed E-state index contributed by atoms with van der Waals surface area (Å²) in [6, 6.07) is 0. The van der Waals surface area contributed by atoms with Gasteiger partial charge >= 0.3 is 0 Å². The monoisotopic (exact) mass is 227 g/mol. The number of thioether (sulfide) groups is 1. The molecular formula is C10H17N3OS. The van der Waals surface area contributed by atoms with Crippen LogP contribution in [-0.2, 0) is 4.79 Å². The molecule has 2 N–H and O–H groups in total. The molecule has 0 aromatic rings. The largest absolute Gasteiger partial charge is 0.328 e. The first-order valence-electron chi connectivity index (χ1n) is 5.38. The molecule has 0 aliphatic carbocycles. The second kappa shape index (κ2) is 5.53. The molecular weight excluding hydrogens is 210 g/mol. The molecule has 0 radical (unpaired) electrons. The summed E-state index contributed by atoms with van der Waals surface area (Å²) in [5, 5.41) is 8.32. The van der Waals surface area contributed by atoms with Gasteiger partial charge in [-0.2, -0.15) is 0 Å². The lowest BCUT2D eigenvalue weighted by Gasteiger charge is -2.27. The van der Waals surface area contributed by atoms with Crippen LogP contribution in [-0.4, -0.2) is 49.3 Å². The Kier molecular flexibility index (Phi) is 4.05. The minimum absolute atomic E-state index is 0.137. The first-order valence-corrected chi connectivity index (χ1v) is 6.43. The van der Waals surface area contributed by atoms with E-state index >= 15 is 0 Å². The minimum Gasteiger partial charge on any atom is -0.328 e.